The van der Waals surface area contributed by atoms with E-state index in [1.807, 2.05) is 0 Å². The van der Waals surface area contributed by atoms with Crippen LogP contribution in [0, 0.1) is 0 Å². The van der Waals surface area contributed by atoms with E-state index in [1.54, 1.807) is 50.2 Å². The van der Waals surface area contributed by atoms with Gasteiger partial charge in [0.1, 0.15) is 0 Å². The number of esters is 2. The number of cyclic esters (lactones) is 1. The molecule has 3 rings (SSSR count). The molecule has 2 aromatic heterocycles. The molecule has 2 unspecified atom stereocenters. The SMILES string of the molecule is CCOC(=O)C1(C(C)Sc2ncc[nH]2)OC(=O)C(O)=C1Sc1nccn1C. The highest BCUT2D eigenvalue weighted by atomic mass is 32.2. The molecule has 11 heteroatoms. The molecular formula is C16H18N4O5S2. The Morgan fingerprint density at radius 2 is 2.26 bits per heavy atom. The first-order valence-electron chi connectivity index (χ1n) is 8.05. The highest BCUT2D eigenvalue weighted by Crippen LogP contribution is 2.48. The first kappa shape index (κ1) is 19.4. The number of aliphatic hydroxyl groups is 1. The van der Waals surface area contributed by atoms with Crippen molar-refractivity contribution in [3.8, 4) is 0 Å². The number of hydrogen-bond acceptors (Lipinski definition) is 9. The fraction of sp³-hybridized carbons (Fsp3) is 0.375. The molecule has 0 fully saturated rings. The highest BCUT2D eigenvalue weighted by molar-refractivity contribution is 8.03. The lowest BCUT2D eigenvalue weighted by Crippen LogP contribution is -2.49. The van der Waals surface area contributed by atoms with Gasteiger partial charge in [0.25, 0.3) is 5.60 Å². The molecule has 2 atom stereocenters. The van der Waals surface area contributed by atoms with Crippen molar-refractivity contribution < 1.29 is 24.2 Å². The molecule has 27 heavy (non-hydrogen) atoms. The van der Waals surface area contributed by atoms with Crippen LogP contribution in [0.15, 0.2) is 45.8 Å². The second kappa shape index (κ2) is 7.69. The molecule has 1 aliphatic rings. The number of nitrogens with one attached hydrogen (secondary N) is 1. The smallest absolute Gasteiger partial charge is 0.375 e. The maximum atomic E-state index is 12.9. The number of aromatic amines is 1. The average molecular weight is 410 g/mol. The van der Waals surface area contributed by atoms with Gasteiger partial charge in [0, 0.05) is 31.8 Å². The number of thioether (sulfide) groups is 2. The molecule has 0 saturated heterocycles. The van der Waals surface area contributed by atoms with Crippen LogP contribution in [0.4, 0.5) is 0 Å². The van der Waals surface area contributed by atoms with E-state index in [1.165, 1.54) is 11.8 Å². The van der Waals surface area contributed by atoms with Crippen LogP contribution in [0.2, 0.25) is 0 Å². The van der Waals surface area contributed by atoms with Crippen LogP contribution < -0.4 is 0 Å². The molecule has 2 N–H and O–H groups in total. The minimum Gasteiger partial charge on any atom is -0.501 e. The second-order valence-electron chi connectivity index (χ2n) is 5.60. The number of H-pyrrole nitrogens is 1. The van der Waals surface area contributed by atoms with E-state index in [4.69, 9.17) is 9.47 Å². The van der Waals surface area contributed by atoms with Gasteiger partial charge in [-0.15, -0.1) is 0 Å². The van der Waals surface area contributed by atoms with E-state index in [9.17, 15) is 14.7 Å². The third-order valence-corrected chi connectivity index (χ3v) is 6.29. The van der Waals surface area contributed by atoms with Gasteiger partial charge >= 0.3 is 11.9 Å². The standard InChI is InChI=1S/C16H18N4O5S2/c1-4-24-13(23)16(9(2)26-14-17-5-6-18-14)11(10(21)12(22)25-16)27-15-19-7-8-20(15)3/h5-9,21H,4H2,1-3H3,(H,17,18). The van der Waals surface area contributed by atoms with Gasteiger partial charge in [-0.25, -0.2) is 19.6 Å². The topological polar surface area (TPSA) is 119 Å². The van der Waals surface area contributed by atoms with Crippen molar-refractivity contribution in [2.24, 2.45) is 7.05 Å². The zero-order valence-electron chi connectivity index (χ0n) is 14.8. The van der Waals surface area contributed by atoms with E-state index in [0.717, 1.165) is 11.8 Å². The number of rotatable bonds is 7. The summed E-state index contributed by atoms with van der Waals surface area (Å²) in [7, 11) is 1.76. The molecule has 3 heterocycles. The van der Waals surface area contributed by atoms with E-state index < -0.39 is 28.5 Å². The largest absolute Gasteiger partial charge is 0.501 e. The van der Waals surface area contributed by atoms with Crippen LogP contribution >= 0.6 is 23.5 Å². The molecule has 9 nitrogen and oxygen atoms in total. The summed E-state index contributed by atoms with van der Waals surface area (Å²) in [5, 5.41) is 10.8. The number of aliphatic hydroxyl groups excluding tert-OH is 1. The molecule has 0 spiro atoms. The van der Waals surface area contributed by atoms with Gasteiger partial charge in [0.15, 0.2) is 10.3 Å². The molecule has 0 amide bonds. The van der Waals surface area contributed by atoms with E-state index in [-0.39, 0.29) is 11.5 Å². The van der Waals surface area contributed by atoms with Crippen LogP contribution in [-0.4, -0.2) is 54.0 Å². The summed E-state index contributed by atoms with van der Waals surface area (Å²) in [6.45, 7) is 3.45. The summed E-state index contributed by atoms with van der Waals surface area (Å²) in [4.78, 5) is 36.4. The third-order valence-electron chi connectivity index (χ3n) is 3.88. The van der Waals surface area contributed by atoms with Crippen LogP contribution in [0.25, 0.3) is 0 Å². The second-order valence-corrected chi connectivity index (χ2v) is 7.91. The third kappa shape index (κ3) is 3.44. The summed E-state index contributed by atoms with van der Waals surface area (Å²) in [6.07, 6.45) is 6.50. The lowest BCUT2D eigenvalue weighted by molar-refractivity contribution is -0.171. The number of imidazole rings is 2. The molecule has 0 radical (unpaired) electrons. The van der Waals surface area contributed by atoms with Crippen molar-refractivity contribution in [3.05, 3.63) is 35.5 Å². The predicted octanol–water partition coefficient (Wildman–Crippen LogP) is 2.04. The minimum absolute atomic E-state index is 0.0480. The van der Waals surface area contributed by atoms with Crippen LogP contribution in [0.5, 0.6) is 0 Å². The van der Waals surface area contributed by atoms with Crippen molar-refractivity contribution in [3.63, 3.8) is 0 Å². The summed E-state index contributed by atoms with van der Waals surface area (Å²) in [5.41, 5.74) is -1.81. The van der Waals surface area contributed by atoms with Gasteiger partial charge in [0.2, 0.25) is 5.76 Å². The number of ether oxygens (including phenoxy) is 2. The van der Waals surface area contributed by atoms with Gasteiger partial charge in [-0.2, -0.15) is 0 Å². The van der Waals surface area contributed by atoms with Crippen molar-refractivity contribution in [2.45, 2.75) is 35.0 Å². The monoisotopic (exact) mass is 410 g/mol. The Balaban J connectivity index is 2.05. The summed E-state index contributed by atoms with van der Waals surface area (Å²) < 4.78 is 12.3. The first-order chi connectivity index (χ1) is 12.9. The molecule has 0 saturated carbocycles. The lowest BCUT2D eigenvalue weighted by atomic mass is 10.00. The number of carbonyl (C=O) groups excluding carboxylic acids is 2. The normalized spacial score (nSPS) is 20.6. The Bertz CT molecular complexity index is 879. The predicted molar refractivity (Wildman–Crippen MR) is 98.1 cm³/mol. The number of hydrogen-bond donors (Lipinski definition) is 2. The average Bonchev–Trinajstić information content (AvgIpc) is 3.33. The van der Waals surface area contributed by atoms with Gasteiger partial charge in [-0.05, 0) is 25.6 Å². The van der Waals surface area contributed by atoms with E-state index in [2.05, 4.69) is 15.0 Å². The minimum atomic E-state index is -1.81. The van der Waals surface area contributed by atoms with Crippen molar-refractivity contribution in [2.75, 3.05) is 6.61 Å². The molecular weight excluding hydrogens is 392 g/mol. The van der Waals surface area contributed by atoms with Crippen molar-refractivity contribution in [1.82, 2.24) is 19.5 Å². The Labute approximate surface area is 163 Å². The highest BCUT2D eigenvalue weighted by Gasteiger charge is 2.60. The Morgan fingerprint density at radius 3 is 2.85 bits per heavy atom. The summed E-state index contributed by atoms with van der Waals surface area (Å²) in [6, 6.07) is 0. The molecule has 2 aromatic rings. The fourth-order valence-corrected chi connectivity index (χ4v) is 4.78. The maximum absolute atomic E-state index is 12.9. The number of aromatic nitrogens is 4. The molecule has 0 bridgehead atoms. The van der Waals surface area contributed by atoms with Crippen LogP contribution in [0.3, 0.4) is 0 Å². The van der Waals surface area contributed by atoms with Crippen LogP contribution in [0.1, 0.15) is 13.8 Å². The van der Waals surface area contributed by atoms with Gasteiger partial charge < -0.3 is 24.1 Å². The molecule has 144 valence electrons. The van der Waals surface area contributed by atoms with Gasteiger partial charge in [-0.3, -0.25) is 0 Å². The Hall–Kier alpha value is -2.40. The van der Waals surface area contributed by atoms with Gasteiger partial charge in [0.05, 0.1) is 16.8 Å². The Kier molecular flexibility index (Phi) is 5.51. The molecule has 0 aliphatic carbocycles. The number of carbonyl (C=O) groups is 2. The lowest BCUT2D eigenvalue weighted by Gasteiger charge is -2.32. The quantitative estimate of drug-likeness (QED) is 0.522. The number of nitrogens with zero attached hydrogens (tertiary/aromatic N) is 3. The Morgan fingerprint density at radius 1 is 1.48 bits per heavy atom. The molecule has 0 aromatic carbocycles. The summed E-state index contributed by atoms with van der Waals surface area (Å²) in [5.74, 6) is -2.36. The van der Waals surface area contributed by atoms with Crippen molar-refractivity contribution >= 4 is 35.5 Å². The van der Waals surface area contributed by atoms with Gasteiger partial charge in [-0.1, -0.05) is 11.8 Å². The summed E-state index contributed by atoms with van der Waals surface area (Å²) >= 11 is 2.18. The van der Waals surface area contributed by atoms with E-state index >= 15 is 0 Å². The van der Waals surface area contributed by atoms with E-state index in [0.29, 0.717) is 10.3 Å². The zero-order valence-corrected chi connectivity index (χ0v) is 16.5. The number of aryl methyl sites for hydroxylation is 1. The molecule has 1 aliphatic heterocycles. The van der Waals surface area contributed by atoms with Crippen LogP contribution in [-0.2, 0) is 26.1 Å². The zero-order chi connectivity index (χ0) is 19.6. The first-order valence-corrected chi connectivity index (χ1v) is 9.75. The maximum Gasteiger partial charge on any atom is 0.375 e. The fourth-order valence-electron chi connectivity index (χ4n) is 2.55. The van der Waals surface area contributed by atoms with Crippen molar-refractivity contribution in [1.29, 1.82) is 0 Å².